The van der Waals surface area contributed by atoms with Crippen LogP contribution < -0.4 is 0 Å². The van der Waals surface area contributed by atoms with Gasteiger partial charge >= 0.3 is 6.43 Å². The van der Waals surface area contributed by atoms with Crippen LogP contribution in [0.25, 0.3) is 33.1 Å². The molecular formula is C21H17F2N7OS. The van der Waals surface area contributed by atoms with Crippen LogP contribution >= 0.6 is 11.3 Å². The lowest BCUT2D eigenvalue weighted by Crippen LogP contribution is -2.07. The number of alkyl halides is 2. The number of rotatable bonds is 6. The minimum atomic E-state index is -2.78. The van der Waals surface area contributed by atoms with Crippen molar-refractivity contribution >= 4 is 22.4 Å². The molecule has 5 aromatic rings. The minimum Gasteiger partial charge on any atom is -0.414 e. The molecule has 0 unspecified atom stereocenters. The Balaban J connectivity index is 1.22. The van der Waals surface area contributed by atoms with E-state index in [0.717, 1.165) is 27.2 Å². The molecule has 8 nitrogen and oxygen atoms in total. The Morgan fingerprint density at radius 1 is 1.22 bits per heavy atom. The minimum absolute atomic E-state index is 0.0870. The molecule has 6 rings (SSSR count). The standard InChI is InChI=1S/C21H17F2N7OS/c22-18(23)21-28-27-20(31-21)17-5-4-13(32-17)9-30-10-16(26-29-30)12-6-14-15(11-2-1-3-11)8-25-19(14)24-7-12/h4-8,10-11,18H,1-3,9H2,(H,24,25). The van der Waals surface area contributed by atoms with Crippen molar-refractivity contribution in [1.82, 2.24) is 35.2 Å². The van der Waals surface area contributed by atoms with Crippen molar-refractivity contribution in [3.8, 4) is 22.0 Å². The van der Waals surface area contributed by atoms with Crippen molar-refractivity contribution in [2.75, 3.05) is 0 Å². The van der Waals surface area contributed by atoms with Gasteiger partial charge in [-0.05, 0) is 42.5 Å². The van der Waals surface area contributed by atoms with Gasteiger partial charge in [0.1, 0.15) is 11.3 Å². The van der Waals surface area contributed by atoms with Crippen LogP contribution in [0, 0.1) is 0 Å². The molecule has 32 heavy (non-hydrogen) atoms. The summed E-state index contributed by atoms with van der Waals surface area (Å²) in [6.45, 7) is 0.487. The van der Waals surface area contributed by atoms with Crippen LogP contribution in [0.1, 0.15) is 47.9 Å². The highest BCUT2D eigenvalue weighted by Gasteiger charge is 2.23. The molecule has 0 atom stereocenters. The first-order valence-corrected chi connectivity index (χ1v) is 11.0. The summed E-state index contributed by atoms with van der Waals surface area (Å²) < 4.78 is 32.1. The quantitative estimate of drug-likeness (QED) is 0.380. The highest BCUT2D eigenvalue weighted by molar-refractivity contribution is 7.15. The van der Waals surface area contributed by atoms with Crippen molar-refractivity contribution in [3.05, 3.63) is 53.1 Å². The molecule has 0 radical (unpaired) electrons. The molecular weight excluding hydrogens is 436 g/mol. The normalized spacial score (nSPS) is 14.5. The van der Waals surface area contributed by atoms with E-state index in [-0.39, 0.29) is 5.89 Å². The number of thiophene rings is 1. The molecule has 0 amide bonds. The number of aromatic nitrogens is 7. The molecule has 0 saturated heterocycles. The van der Waals surface area contributed by atoms with Crippen molar-refractivity contribution in [2.24, 2.45) is 0 Å². The van der Waals surface area contributed by atoms with Gasteiger partial charge in [0.25, 0.3) is 11.8 Å². The maximum absolute atomic E-state index is 12.7. The number of pyridine rings is 1. The predicted molar refractivity (Wildman–Crippen MR) is 113 cm³/mol. The van der Waals surface area contributed by atoms with Crippen LogP contribution in [0.5, 0.6) is 0 Å². The van der Waals surface area contributed by atoms with E-state index in [4.69, 9.17) is 4.42 Å². The first kappa shape index (κ1) is 19.2. The molecule has 162 valence electrons. The molecule has 1 aliphatic rings. The van der Waals surface area contributed by atoms with Crippen LogP contribution in [-0.4, -0.2) is 35.2 Å². The highest BCUT2D eigenvalue weighted by Crippen LogP contribution is 2.40. The van der Waals surface area contributed by atoms with Crippen molar-refractivity contribution in [2.45, 2.75) is 38.2 Å². The lowest BCUT2D eigenvalue weighted by Gasteiger charge is -2.24. The smallest absolute Gasteiger partial charge is 0.314 e. The van der Waals surface area contributed by atoms with E-state index >= 15 is 0 Å². The molecule has 1 aliphatic carbocycles. The number of nitrogens with one attached hydrogen (secondary N) is 1. The van der Waals surface area contributed by atoms with Crippen LogP contribution in [0.4, 0.5) is 8.78 Å². The number of hydrogen-bond donors (Lipinski definition) is 1. The fourth-order valence-electron chi connectivity index (χ4n) is 3.89. The first-order chi connectivity index (χ1) is 15.6. The van der Waals surface area contributed by atoms with Gasteiger partial charge in [0.05, 0.1) is 17.6 Å². The molecule has 1 N–H and O–H groups in total. The zero-order valence-electron chi connectivity index (χ0n) is 16.7. The molecule has 5 aromatic heterocycles. The summed E-state index contributed by atoms with van der Waals surface area (Å²) in [6, 6.07) is 5.78. The second-order valence-electron chi connectivity index (χ2n) is 7.81. The van der Waals surface area contributed by atoms with Gasteiger partial charge in [0, 0.05) is 28.2 Å². The van der Waals surface area contributed by atoms with E-state index in [0.29, 0.717) is 17.3 Å². The number of halogens is 2. The number of aromatic amines is 1. The van der Waals surface area contributed by atoms with E-state index < -0.39 is 12.3 Å². The second-order valence-corrected chi connectivity index (χ2v) is 8.97. The molecule has 0 aliphatic heterocycles. The third kappa shape index (κ3) is 3.38. The first-order valence-electron chi connectivity index (χ1n) is 10.2. The van der Waals surface area contributed by atoms with Crippen molar-refractivity contribution < 1.29 is 13.2 Å². The van der Waals surface area contributed by atoms with E-state index in [1.165, 1.54) is 36.2 Å². The van der Waals surface area contributed by atoms with E-state index in [1.807, 2.05) is 12.3 Å². The van der Waals surface area contributed by atoms with Gasteiger partial charge in [0.2, 0.25) is 0 Å². The van der Waals surface area contributed by atoms with Crippen LogP contribution in [0.15, 0.2) is 41.2 Å². The van der Waals surface area contributed by atoms with E-state index in [9.17, 15) is 8.78 Å². The summed E-state index contributed by atoms with van der Waals surface area (Å²) in [4.78, 5) is 9.41. The van der Waals surface area contributed by atoms with Gasteiger partial charge in [-0.1, -0.05) is 11.6 Å². The third-order valence-electron chi connectivity index (χ3n) is 5.76. The SMILES string of the molecule is FC(F)c1nnc(-c2ccc(Cn3cc(-c4cnc5[nH]cc(C6CCC6)c5c4)nn3)s2)o1. The fraction of sp³-hybridized carbons (Fsp3) is 0.286. The Kier molecular flexibility index (Phi) is 4.56. The van der Waals surface area contributed by atoms with E-state index in [2.05, 4.69) is 42.7 Å². The molecule has 11 heteroatoms. The van der Waals surface area contributed by atoms with Gasteiger partial charge in [-0.2, -0.15) is 8.78 Å². The van der Waals surface area contributed by atoms with Crippen molar-refractivity contribution in [1.29, 1.82) is 0 Å². The topological polar surface area (TPSA) is 98.3 Å². The van der Waals surface area contributed by atoms with Crippen LogP contribution in [-0.2, 0) is 6.54 Å². The zero-order valence-corrected chi connectivity index (χ0v) is 17.5. The third-order valence-corrected chi connectivity index (χ3v) is 6.82. The molecule has 0 bridgehead atoms. The van der Waals surface area contributed by atoms with Gasteiger partial charge in [-0.25, -0.2) is 9.67 Å². The summed E-state index contributed by atoms with van der Waals surface area (Å²) in [5.74, 6) is 0.0217. The predicted octanol–water partition coefficient (Wildman–Crippen LogP) is 5.19. The highest BCUT2D eigenvalue weighted by atomic mass is 32.1. The Bertz CT molecular complexity index is 1400. The average molecular weight is 453 g/mol. The molecule has 1 saturated carbocycles. The molecule has 5 heterocycles. The maximum Gasteiger partial charge on any atom is 0.314 e. The largest absolute Gasteiger partial charge is 0.414 e. The molecule has 0 aromatic carbocycles. The number of H-pyrrole nitrogens is 1. The molecule has 1 fully saturated rings. The van der Waals surface area contributed by atoms with Gasteiger partial charge in [0.15, 0.2) is 0 Å². The Morgan fingerprint density at radius 3 is 2.91 bits per heavy atom. The fourth-order valence-corrected chi connectivity index (χ4v) is 4.81. The van der Waals surface area contributed by atoms with Crippen LogP contribution in [0.3, 0.4) is 0 Å². The van der Waals surface area contributed by atoms with Crippen molar-refractivity contribution in [3.63, 3.8) is 0 Å². The average Bonchev–Trinajstić information content (AvgIpc) is 3.53. The van der Waals surface area contributed by atoms with Crippen LogP contribution in [0.2, 0.25) is 0 Å². The summed E-state index contributed by atoms with van der Waals surface area (Å²) in [7, 11) is 0. The summed E-state index contributed by atoms with van der Waals surface area (Å²) in [5.41, 5.74) is 3.89. The molecule has 0 spiro atoms. The maximum atomic E-state index is 12.7. The zero-order chi connectivity index (χ0) is 21.7. The lowest BCUT2D eigenvalue weighted by atomic mass is 9.80. The summed E-state index contributed by atoms with van der Waals surface area (Å²) in [6.07, 6.45) is 6.70. The second kappa shape index (κ2) is 7.59. The van der Waals surface area contributed by atoms with Gasteiger partial charge < -0.3 is 9.40 Å². The van der Waals surface area contributed by atoms with Gasteiger partial charge in [-0.3, -0.25) is 0 Å². The number of nitrogens with zero attached hydrogens (tertiary/aromatic N) is 6. The van der Waals surface area contributed by atoms with E-state index in [1.54, 1.807) is 16.9 Å². The summed E-state index contributed by atoms with van der Waals surface area (Å²) in [5, 5.41) is 16.8. The Hall–Kier alpha value is -3.47. The Morgan fingerprint density at radius 2 is 2.12 bits per heavy atom. The summed E-state index contributed by atoms with van der Waals surface area (Å²) >= 11 is 1.38. The lowest BCUT2D eigenvalue weighted by molar-refractivity contribution is 0.116. The van der Waals surface area contributed by atoms with Gasteiger partial charge in [-0.15, -0.1) is 26.6 Å². The monoisotopic (exact) mass is 453 g/mol. The number of fused-ring (bicyclic) bond motifs is 1. The Labute approximate surface area is 184 Å². The number of hydrogen-bond acceptors (Lipinski definition) is 7.